The number of nitrogens with one attached hydrogen (secondary N) is 2. The highest BCUT2D eigenvalue weighted by Crippen LogP contribution is 2.23. The fourth-order valence-corrected chi connectivity index (χ4v) is 4.25. The summed E-state index contributed by atoms with van der Waals surface area (Å²) in [5.41, 5.74) is -0.550. The third-order valence-corrected chi connectivity index (χ3v) is 5.89. The van der Waals surface area contributed by atoms with Gasteiger partial charge in [-0.15, -0.1) is 11.3 Å². The number of aromatic nitrogens is 3. The van der Waals surface area contributed by atoms with Gasteiger partial charge >= 0.3 is 6.09 Å². The van der Waals surface area contributed by atoms with Crippen LogP contribution >= 0.6 is 23.6 Å². The Morgan fingerprint density at radius 2 is 2.17 bits per heavy atom. The van der Waals surface area contributed by atoms with Gasteiger partial charge in [-0.3, -0.25) is 14.5 Å². The van der Waals surface area contributed by atoms with Crippen LogP contribution in [0.4, 0.5) is 4.79 Å². The second-order valence-electron chi connectivity index (χ2n) is 8.26. The molecule has 2 aromatic heterocycles. The number of hydrogen-bond acceptors (Lipinski definition) is 6. The molecule has 8 nitrogen and oxygen atoms in total. The van der Waals surface area contributed by atoms with Crippen LogP contribution in [-0.4, -0.2) is 56.4 Å². The number of rotatable bonds is 5. The Hall–Kier alpha value is -2.20. The Bertz CT molecular complexity index is 913. The molecule has 0 unspecified atom stereocenters. The van der Waals surface area contributed by atoms with Crippen LogP contribution in [0.1, 0.15) is 34.1 Å². The summed E-state index contributed by atoms with van der Waals surface area (Å²) in [5.74, 6) is 0.937. The molecule has 3 heterocycles. The molecule has 2 aromatic rings. The lowest BCUT2D eigenvalue weighted by atomic mass is 10.1. The SMILES string of the molecule is C[C@@H]1CN(C(=O)CCn2c(-c3cccs3)n[nH]c2=S)C[C@@H]1NC(=O)OC(C)(C)C. The van der Waals surface area contributed by atoms with Crippen molar-refractivity contribution in [3.8, 4) is 10.7 Å². The van der Waals surface area contributed by atoms with Gasteiger partial charge in [-0.25, -0.2) is 4.79 Å². The van der Waals surface area contributed by atoms with Gasteiger partial charge < -0.3 is 15.0 Å². The molecule has 0 radical (unpaired) electrons. The Morgan fingerprint density at radius 1 is 1.41 bits per heavy atom. The summed E-state index contributed by atoms with van der Waals surface area (Å²) in [5, 5.41) is 12.0. The topological polar surface area (TPSA) is 92.3 Å². The number of carbonyl (C=O) groups excluding carboxylic acids is 2. The van der Waals surface area contributed by atoms with Crippen molar-refractivity contribution in [1.82, 2.24) is 25.0 Å². The molecular weight excluding hydrogens is 410 g/mol. The van der Waals surface area contributed by atoms with Gasteiger partial charge in [-0.2, -0.15) is 5.10 Å². The van der Waals surface area contributed by atoms with E-state index >= 15 is 0 Å². The molecular formula is C19H27N5O3S2. The second-order valence-corrected chi connectivity index (χ2v) is 9.59. The number of H-pyrrole nitrogens is 1. The standard InChI is InChI=1S/C19H27N5O3S2/c1-12-10-23(11-13(12)20-18(26)27-19(2,3)4)15(25)7-8-24-16(21-22-17(24)28)14-6-5-9-29-14/h5-6,9,12-13H,7-8,10-11H2,1-4H3,(H,20,26)(H,22,28)/t12-,13+/m1/s1. The molecule has 2 N–H and O–H groups in total. The van der Waals surface area contributed by atoms with E-state index in [1.165, 1.54) is 0 Å². The van der Waals surface area contributed by atoms with Crippen LogP contribution in [0.25, 0.3) is 10.7 Å². The zero-order valence-electron chi connectivity index (χ0n) is 17.1. The maximum atomic E-state index is 12.8. The molecule has 3 rings (SSSR count). The minimum absolute atomic E-state index is 0.0329. The van der Waals surface area contributed by atoms with Crippen molar-refractivity contribution >= 4 is 35.6 Å². The molecule has 0 saturated carbocycles. The van der Waals surface area contributed by atoms with Crippen molar-refractivity contribution in [2.75, 3.05) is 13.1 Å². The summed E-state index contributed by atoms with van der Waals surface area (Å²) in [4.78, 5) is 27.6. The summed E-state index contributed by atoms with van der Waals surface area (Å²) in [7, 11) is 0. The molecule has 10 heteroatoms. The summed E-state index contributed by atoms with van der Waals surface area (Å²) < 4.78 is 7.68. The predicted octanol–water partition coefficient (Wildman–Crippen LogP) is 3.43. The maximum Gasteiger partial charge on any atom is 0.407 e. The number of nitrogens with zero attached hydrogens (tertiary/aromatic N) is 3. The lowest BCUT2D eigenvalue weighted by molar-refractivity contribution is -0.130. The van der Waals surface area contributed by atoms with E-state index in [0.29, 0.717) is 30.8 Å². The van der Waals surface area contributed by atoms with Crippen LogP contribution in [0.2, 0.25) is 0 Å². The third kappa shape index (κ3) is 5.45. The van der Waals surface area contributed by atoms with Crippen LogP contribution in [0.5, 0.6) is 0 Å². The normalized spacial score (nSPS) is 19.4. The van der Waals surface area contributed by atoms with E-state index in [1.807, 2.05) is 49.8 Å². The first-order chi connectivity index (χ1) is 13.6. The molecule has 0 bridgehead atoms. The minimum atomic E-state index is -0.550. The number of ether oxygens (including phenoxy) is 1. The first-order valence-corrected chi connectivity index (χ1v) is 10.9. The number of alkyl carbamates (subject to hydrolysis) is 1. The zero-order chi connectivity index (χ0) is 21.2. The van der Waals surface area contributed by atoms with Crippen LogP contribution < -0.4 is 5.32 Å². The highest BCUT2D eigenvalue weighted by atomic mass is 32.1. The Kier molecular flexibility index (Phi) is 6.42. The first kappa shape index (κ1) is 21.5. The second kappa shape index (κ2) is 8.66. The van der Waals surface area contributed by atoms with Gasteiger partial charge in [0.1, 0.15) is 5.60 Å². The lowest BCUT2D eigenvalue weighted by Gasteiger charge is -2.23. The molecule has 2 amide bonds. The highest BCUT2D eigenvalue weighted by molar-refractivity contribution is 7.71. The molecule has 1 aliphatic rings. The number of likely N-dealkylation sites (tertiary alicyclic amines) is 1. The molecule has 0 spiro atoms. The van der Waals surface area contributed by atoms with Gasteiger partial charge in [-0.05, 0) is 50.4 Å². The van der Waals surface area contributed by atoms with E-state index in [9.17, 15) is 9.59 Å². The van der Waals surface area contributed by atoms with Gasteiger partial charge in [0.25, 0.3) is 0 Å². The van der Waals surface area contributed by atoms with Crippen molar-refractivity contribution in [3.63, 3.8) is 0 Å². The quantitative estimate of drug-likeness (QED) is 0.699. The maximum absolute atomic E-state index is 12.8. The van der Waals surface area contributed by atoms with E-state index in [-0.39, 0.29) is 17.9 Å². The summed E-state index contributed by atoms with van der Waals surface area (Å²) in [6.45, 7) is 9.04. The van der Waals surface area contributed by atoms with E-state index < -0.39 is 11.7 Å². The monoisotopic (exact) mass is 437 g/mol. The van der Waals surface area contributed by atoms with Crippen molar-refractivity contribution in [3.05, 3.63) is 22.3 Å². The fourth-order valence-electron chi connectivity index (χ4n) is 3.30. The number of hydrogen-bond donors (Lipinski definition) is 2. The molecule has 1 fully saturated rings. The Morgan fingerprint density at radius 3 is 2.83 bits per heavy atom. The number of amides is 2. The average molecular weight is 438 g/mol. The molecule has 158 valence electrons. The summed E-state index contributed by atoms with van der Waals surface area (Å²) >= 11 is 6.90. The predicted molar refractivity (Wildman–Crippen MR) is 114 cm³/mol. The van der Waals surface area contributed by atoms with E-state index in [2.05, 4.69) is 15.5 Å². The van der Waals surface area contributed by atoms with Crippen molar-refractivity contribution in [2.45, 2.75) is 52.3 Å². The van der Waals surface area contributed by atoms with Crippen molar-refractivity contribution in [2.24, 2.45) is 5.92 Å². The van der Waals surface area contributed by atoms with Gasteiger partial charge in [0.05, 0.1) is 10.9 Å². The average Bonchev–Trinajstić information content (AvgIpc) is 3.33. The molecule has 0 aliphatic carbocycles. The van der Waals surface area contributed by atoms with Crippen molar-refractivity contribution in [1.29, 1.82) is 0 Å². The number of thiophene rings is 1. The van der Waals surface area contributed by atoms with Crippen molar-refractivity contribution < 1.29 is 14.3 Å². The summed E-state index contributed by atoms with van der Waals surface area (Å²) in [6.07, 6.45) is -0.133. The van der Waals surface area contributed by atoms with E-state index in [4.69, 9.17) is 17.0 Å². The van der Waals surface area contributed by atoms with Gasteiger partial charge in [0.2, 0.25) is 5.91 Å². The fraction of sp³-hybridized carbons (Fsp3) is 0.579. The van der Waals surface area contributed by atoms with Gasteiger partial charge in [0.15, 0.2) is 10.6 Å². The molecule has 2 atom stereocenters. The van der Waals surface area contributed by atoms with E-state index in [0.717, 1.165) is 10.7 Å². The molecule has 29 heavy (non-hydrogen) atoms. The Balaban J connectivity index is 1.57. The van der Waals surface area contributed by atoms with Crippen LogP contribution in [-0.2, 0) is 16.1 Å². The first-order valence-electron chi connectivity index (χ1n) is 9.60. The van der Waals surface area contributed by atoms with Crippen LogP contribution in [0, 0.1) is 10.7 Å². The lowest BCUT2D eigenvalue weighted by Crippen LogP contribution is -2.43. The number of aromatic amines is 1. The third-order valence-electron chi connectivity index (χ3n) is 4.72. The molecule has 1 saturated heterocycles. The van der Waals surface area contributed by atoms with Gasteiger partial charge in [-0.1, -0.05) is 13.0 Å². The van der Waals surface area contributed by atoms with E-state index in [1.54, 1.807) is 16.2 Å². The Labute approximate surface area is 179 Å². The highest BCUT2D eigenvalue weighted by Gasteiger charge is 2.34. The van der Waals surface area contributed by atoms with Crippen LogP contribution in [0.15, 0.2) is 17.5 Å². The van der Waals surface area contributed by atoms with Gasteiger partial charge in [0, 0.05) is 26.1 Å². The minimum Gasteiger partial charge on any atom is -0.444 e. The number of carbonyl (C=O) groups is 2. The smallest absolute Gasteiger partial charge is 0.407 e. The largest absolute Gasteiger partial charge is 0.444 e. The zero-order valence-corrected chi connectivity index (χ0v) is 18.7. The van der Waals surface area contributed by atoms with Crippen LogP contribution in [0.3, 0.4) is 0 Å². The summed E-state index contributed by atoms with van der Waals surface area (Å²) in [6, 6.07) is 3.81. The molecule has 1 aliphatic heterocycles. The molecule has 0 aromatic carbocycles.